The van der Waals surface area contributed by atoms with Gasteiger partial charge in [0.2, 0.25) is 0 Å². The first-order valence-corrected chi connectivity index (χ1v) is 9.25. The van der Waals surface area contributed by atoms with Gasteiger partial charge in [-0.2, -0.15) is 0 Å². The van der Waals surface area contributed by atoms with Crippen molar-refractivity contribution in [3.63, 3.8) is 0 Å². The van der Waals surface area contributed by atoms with Gasteiger partial charge in [0.05, 0.1) is 30.5 Å². The maximum Gasteiger partial charge on any atom is 0.407 e. The molecule has 1 saturated heterocycles. The first-order chi connectivity index (χ1) is 14.8. The molecule has 1 unspecified atom stereocenters. The summed E-state index contributed by atoms with van der Waals surface area (Å²) in [7, 11) is 0. The van der Waals surface area contributed by atoms with Crippen LogP contribution in [0, 0.1) is 11.6 Å². The van der Waals surface area contributed by atoms with Crippen molar-refractivity contribution in [2.45, 2.75) is 13.0 Å². The Morgan fingerprint density at radius 3 is 2.74 bits per heavy atom. The number of amides is 2. The molecule has 0 bridgehead atoms. The van der Waals surface area contributed by atoms with Crippen molar-refractivity contribution >= 4 is 34.8 Å². The van der Waals surface area contributed by atoms with Gasteiger partial charge in [-0.1, -0.05) is 0 Å². The zero-order valence-corrected chi connectivity index (χ0v) is 16.3. The number of nitrogens with zero attached hydrogens (tertiary/aromatic N) is 6. The standard InChI is InChI=1S/C18H18F2N8O3/c1-9-7-26(2-3-27(9)18(30)31)14-11(20)5-22-6-12(14)24-17(29)13-15(21)25-28-8-10(19)4-23-16(13)28/h4-6,8-9H,2-3,7H2,1H3,(H2,21,25)(H,24,29)(H,30,31). The molecule has 0 radical (unpaired) electrons. The SMILES string of the molecule is CC1CN(c2c(F)cncc2NC(=O)c2c(N)nn3cc(F)cnc23)CCN1C(=O)O. The van der Waals surface area contributed by atoms with Crippen molar-refractivity contribution in [1.82, 2.24) is 24.5 Å². The van der Waals surface area contributed by atoms with Crippen LogP contribution in [0.1, 0.15) is 17.3 Å². The molecule has 2 amide bonds. The number of aromatic nitrogens is 4. The Labute approximate surface area is 174 Å². The lowest BCUT2D eigenvalue weighted by molar-refractivity contribution is 0.102. The van der Waals surface area contributed by atoms with Crippen molar-refractivity contribution in [3.8, 4) is 0 Å². The van der Waals surface area contributed by atoms with Gasteiger partial charge in [0, 0.05) is 25.7 Å². The molecule has 4 heterocycles. The third-order valence-electron chi connectivity index (χ3n) is 5.01. The lowest BCUT2D eigenvalue weighted by Crippen LogP contribution is -2.54. The van der Waals surface area contributed by atoms with Gasteiger partial charge >= 0.3 is 6.09 Å². The number of rotatable bonds is 3. The molecule has 3 aromatic heterocycles. The van der Waals surface area contributed by atoms with Gasteiger partial charge in [-0.3, -0.25) is 9.78 Å². The van der Waals surface area contributed by atoms with Crippen LogP contribution in [-0.4, -0.2) is 67.3 Å². The van der Waals surface area contributed by atoms with E-state index in [4.69, 9.17) is 5.73 Å². The molecule has 162 valence electrons. The highest BCUT2D eigenvalue weighted by Crippen LogP contribution is 2.31. The second-order valence-electron chi connectivity index (χ2n) is 7.04. The Bertz CT molecular complexity index is 1180. The van der Waals surface area contributed by atoms with Crippen molar-refractivity contribution in [1.29, 1.82) is 0 Å². The van der Waals surface area contributed by atoms with Gasteiger partial charge in [-0.05, 0) is 6.92 Å². The van der Waals surface area contributed by atoms with Crippen LogP contribution in [0.2, 0.25) is 0 Å². The molecule has 4 N–H and O–H groups in total. The molecule has 1 fully saturated rings. The number of nitrogens with one attached hydrogen (secondary N) is 1. The summed E-state index contributed by atoms with van der Waals surface area (Å²) in [6, 6.07) is -0.392. The normalized spacial score (nSPS) is 16.5. The Balaban J connectivity index is 1.65. The summed E-state index contributed by atoms with van der Waals surface area (Å²) in [5.74, 6) is -2.24. The van der Waals surface area contributed by atoms with Crippen LogP contribution in [0.15, 0.2) is 24.8 Å². The van der Waals surface area contributed by atoms with E-state index in [1.54, 1.807) is 11.8 Å². The summed E-state index contributed by atoms with van der Waals surface area (Å²) in [5, 5.41) is 15.7. The minimum Gasteiger partial charge on any atom is -0.465 e. The summed E-state index contributed by atoms with van der Waals surface area (Å²) in [6.45, 7) is 2.32. The fourth-order valence-corrected chi connectivity index (χ4v) is 3.62. The largest absolute Gasteiger partial charge is 0.465 e. The average molecular weight is 432 g/mol. The molecule has 0 saturated carbocycles. The van der Waals surface area contributed by atoms with Crippen LogP contribution in [-0.2, 0) is 0 Å². The first kappa shape index (κ1) is 20.3. The van der Waals surface area contributed by atoms with E-state index in [1.807, 2.05) is 0 Å². The van der Waals surface area contributed by atoms with Gasteiger partial charge < -0.3 is 26.0 Å². The second kappa shape index (κ2) is 7.66. The van der Waals surface area contributed by atoms with E-state index in [-0.39, 0.29) is 48.0 Å². The number of fused-ring (bicyclic) bond motifs is 1. The van der Waals surface area contributed by atoms with Crippen LogP contribution in [0.5, 0.6) is 0 Å². The number of pyridine rings is 1. The third-order valence-corrected chi connectivity index (χ3v) is 5.01. The molecule has 4 rings (SSSR count). The molecule has 0 spiro atoms. The molecular formula is C18H18F2N8O3. The van der Waals surface area contributed by atoms with E-state index in [2.05, 4.69) is 20.4 Å². The monoisotopic (exact) mass is 432 g/mol. The number of carbonyl (C=O) groups excluding carboxylic acids is 1. The highest BCUT2D eigenvalue weighted by molar-refractivity contribution is 6.12. The molecule has 1 aliphatic heterocycles. The van der Waals surface area contributed by atoms with Crippen LogP contribution in [0.4, 0.5) is 30.8 Å². The van der Waals surface area contributed by atoms with Crippen LogP contribution >= 0.6 is 0 Å². The smallest absolute Gasteiger partial charge is 0.407 e. The summed E-state index contributed by atoms with van der Waals surface area (Å²) in [4.78, 5) is 34.8. The number of carbonyl (C=O) groups is 2. The number of piperazine rings is 1. The topological polar surface area (TPSA) is 142 Å². The Morgan fingerprint density at radius 2 is 2.03 bits per heavy atom. The van der Waals surface area contributed by atoms with Crippen molar-refractivity contribution in [2.24, 2.45) is 0 Å². The quantitative estimate of drug-likeness (QED) is 0.564. The zero-order valence-electron chi connectivity index (χ0n) is 16.3. The number of hydrogen-bond acceptors (Lipinski definition) is 7. The predicted octanol–water partition coefficient (Wildman–Crippen LogP) is 1.43. The highest BCUT2D eigenvalue weighted by atomic mass is 19.1. The molecule has 0 aromatic carbocycles. The van der Waals surface area contributed by atoms with Gasteiger partial charge in [-0.25, -0.2) is 23.1 Å². The number of nitrogen functional groups attached to an aromatic ring is 1. The van der Waals surface area contributed by atoms with Crippen molar-refractivity contribution < 1.29 is 23.5 Å². The number of halogens is 2. The van der Waals surface area contributed by atoms with Gasteiger partial charge in [0.25, 0.3) is 5.91 Å². The third kappa shape index (κ3) is 3.65. The first-order valence-electron chi connectivity index (χ1n) is 9.25. The number of carboxylic acid groups (broad SMARTS) is 1. The maximum atomic E-state index is 14.7. The second-order valence-corrected chi connectivity index (χ2v) is 7.04. The minimum absolute atomic E-state index is 0.0333. The molecule has 1 atom stereocenters. The van der Waals surface area contributed by atoms with E-state index >= 15 is 0 Å². The van der Waals surface area contributed by atoms with Crippen molar-refractivity contribution in [2.75, 3.05) is 35.6 Å². The van der Waals surface area contributed by atoms with E-state index < -0.39 is 29.7 Å². The summed E-state index contributed by atoms with van der Waals surface area (Å²) >= 11 is 0. The van der Waals surface area contributed by atoms with Crippen LogP contribution in [0.3, 0.4) is 0 Å². The number of anilines is 3. The molecule has 11 nitrogen and oxygen atoms in total. The maximum absolute atomic E-state index is 14.7. The fourth-order valence-electron chi connectivity index (χ4n) is 3.62. The summed E-state index contributed by atoms with van der Waals surface area (Å²) < 4.78 is 29.1. The summed E-state index contributed by atoms with van der Waals surface area (Å²) in [6.07, 6.45) is 3.18. The predicted molar refractivity (Wildman–Crippen MR) is 106 cm³/mol. The van der Waals surface area contributed by atoms with E-state index in [0.717, 1.165) is 23.1 Å². The van der Waals surface area contributed by atoms with Gasteiger partial charge in [0.15, 0.2) is 23.1 Å². The van der Waals surface area contributed by atoms with Crippen LogP contribution < -0.4 is 16.0 Å². The van der Waals surface area contributed by atoms with Crippen LogP contribution in [0.25, 0.3) is 5.65 Å². The minimum atomic E-state index is -1.05. The number of hydrogen-bond donors (Lipinski definition) is 3. The van der Waals surface area contributed by atoms with E-state index in [1.165, 1.54) is 11.1 Å². The van der Waals surface area contributed by atoms with Gasteiger partial charge in [-0.15, -0.1) is 5.10 Å². The number of nitrogens with two attached hydrogens (primary N) is 1. The fraction of sp³-hybridized carbons (Fsp3) is 0.278. The summed E-state index contributed by atoms with van der Waals surface area (Å²) in [5.41, 5.74) is 5.90. The van der Waals surface area contributed by atoms with E-state index in [0.29, 0.717) is 0 Å². The molecule has 1 aliphatic rings. The Kier molecular flexibility index (Phi) is 5.01. The Morgan fingerprint density at radius 1 is 1.26 bits per heavy atom. The van der Waals surface area contributed by atoms with Gasteiger partial charge in [0.1, 0.15) is 11.3 Å². The highest BCUT2D eigenvalue weighted by Gasteiger charge is 2.30. The molecule has 0 aliphatic carbocycles. The Hall–Kier alpha value is -4.03. The zero-order chi connectivity index (χ0) is 22.3. The lowest BCUT2D eigenvalue weighted by atomic mass is 10.1. The molecule has 31 heavy (non-hydrogen) atoms. The van der Waals surface area contributed by atoms with E-state index in [9.17, 15) is 23.5 Å². The molecular weight excluding hydrogens is 414 g/mol. The lowest BCUT2D eigenvalue weighted by Gasteiger charge is -2.40. The molecule has 13 heteroatoms. The molecule has 3 aromatic rings. The average Bonchev–Trinajstić information content (AvgIpc) is 3.02. The van der Waals surface area contributed by atoms with Crippen molar-refractivity contribution in [3.05, 3.63) is 42.0 Å².